The Morgan fingerprint density at radius 2 is 1.63 bits per heavy atom. The van der Waals surface area contributed by atoms with Gasteiger partial charge in [0.05, 0.1) is 20.8 Å². The summed E-state index contributed by atoms with van der Waals surface area (Å²) in [4.78, 5) is 2.09. The van der Waals surface area contributed by atoms with Crippen LogP contribution in [-0.2, 0) is 0 Å². The molecule has 0 heterocycles. The predicted molar refractivity (Wildman–Crippen MR) is 82.5 cm³/mol. The number of hydrogen-bond acceptors (Lipinski definition) is 2. The lowest BCUT2D eigenvalue weighted by molar-refractivity contribution is 1.13. The van der Waals surface area contributed by atoms with E-state index < -0.39 is 0 Å². The van der Waals surface area contributed by atoms with E-state index in [4.69, 9.17) is 5.26 Å². The topological polar surface area (TPSA) is 27.0 Å². The monoisotopic (exact) mass is 263 g/mol. The molecule has 0 saturated heterocycles. The van der Waals surface area contributed by atoms with E-state index in [2.05, 4.69) is 40.9 Å². The number of nitriles is 1. The molecule has 2 rings (SSSR count). The summed E-state index contributed by atoms with van der Waals surface area (Å²) in [6.07, 6.45) is 0. The van der Waals surface area contributed by atoms with Crippen LogP contribution in [0, 0.1) is 11.3 Å². The van der Waals surface area contributed by atoms with Crippen molar-refractivity contribution >= 4 is 25.7 Å². The van der Waals surface area contributed by atoms with Gasteiger partial charge in [0.15, 0.2) is 0 Å². The summed E-state index contributed by atoms with van der Waals surface area (Å²) < 4.78 is 0. The van der Waals surface area contributed by atoms with Crippen LogP contribution in [0.2, 0.25) is 0 Å². The van der Waals surface area contributed by atoms with Crippen molar-refractivity contribution in [2.75, 3.05) is 19.0 Å². The highest BCUT2D eigenvalue weighted by atomic mass is 28.2. The Labute approximate surface area is 116 Å². The van der Waals surface area contributed by atoms with Gasteiger partial charge >= 0.3 is 0 Å². The fraction of sp³-hybridized carbons (Fsp3) is 0.125. The fourth-order valence-corrected chi connectivity index (χ4v) is 2.56. The molecule has 0 spiro atoms. The van der Waals surface area contributed by atoms with E-state index >= 15 is 0 Å². The van der Waals surface area contributed by atoms with Crippen molar-refractivity contribution in [3.8, 4) is 6.07 Å². The molecule has 1 radical (unpaired) electrons. The van der Waals surface area contributed by atoms with E-state index in [1.54, 1.807) is 0 Å². The summed E-state index contributed by atoms with van der Waals surface area (Å²) in [6, 6.07) is 18.4. The van der Waals surface area contributed by atoms with Crippen molar-refractivity contribution in [1.29, 1.82) is 5.26 Å². The van der Waals surface area contributed by atoms with Gasteiger partial charge in [0.1, 0.15) is 0 Å². The Morgan fingerprint density at radius 1 is 1.00 bits per heavy atom. The quantitative estimate of drug-likeness (QED) is 0.790. The van der Waals surface area contributed by atoms with Crippen molar-refractivity contribution in [1.82, 2.24) is 0 Å². The van der Waals surface area contributed by atoms with Gasteiger partial charge in [-0.15, -0.1) is 0 Å². The highest BCUT2D eigenvalue weighted by molar-refractivity contribution is 6.63. The van der Waals surface area contributed by atoms with E-state index in [9.17, 15) is 0 Å². The van der Waals surface area contributed by atoms with Gasteiger partial charge in [0, 0.05) is 19.8 Å². The van der Waals surface area contributed by atoms with Crippen LogP contribution in [0.1, 0.15) is 11.1 Å². The van der Waals surface area contributed by atoms with Gasteiger partial charge in [-0.25, -0.2) is 0 Å². The molecule has 0 aliphatic carbocycles. The van der Waals surface area contributed by atoms with Gasteiger partial charge in [-0.2, -0.15) is 5.26 Å². The van der Waals surface area contributed by atoms with Crippen LogP contribution in [0.25, 0.3) is 0 Å². The van der Waals surface area contributed by atoms with Crippen molar-refractivity contribution < 1.29 is 0 Å². The molecule has 0 N–H and O–H groups in total. The summed E-state index contributed by atoms with van der Waals surface area (Å²) in [5, 5.41) is 9.99. The van der Waals surface area contributed by atoms with Crippen LogP contribution < -0.4 is 10.1 Å². The first kappa shape index (κ1) is 13.3. The zero-order chi connectivity index (χ0) is 13.7. The van der Waals surface area contributed by atoms with E-state index in [0.717, 1.165) is 0 Å². The standard InChI is InChI=1S/C16H15N2Si/c1-18(2)15-7-3-14(4-8-15)12-19-16-9-5-13(11-17)6-10-16/h3-10,12H,1-2H3. The molecule has 0 fully saturated rings. The Kier molecular flexibility index (Phi) is 4.27. The SMILES string of the molecule is CN(C)c1ccc(C=[Si]c2ccc(C#N)cc2)cc1. The fourth-order valence-electron chi connectivity index (χ4n) is 1.68. The molecule has 2 aromatic carbocycles. The minimum atomic E-state index is 0.623. The molecule has 0 aromatic heterocycles. The number of anilines is 1. The summed E-state index contributed by atoms with van der Waals surface area (Å²) in [6.45, 7) is 0. The zero-order valence-electron chi connectivity index (χ0n) is 11.1. The Hall–Kier alpha value is -2.18. The summed E-state index contributed by atoms with van der Waals surface area (Å²) in [7, 11) is 4.70. The first-order chi connectivity index (χ1) is 9.19. The van der Waals surface area contributed by atoms with Crippen LogP contribution in [0.15, 0.2) is 48.5 Å². The van der Waals surface area contributed by atoms with Gasteiger partial charge in [-0.3, -0.25) is 0 Å². The van der Waals surface area contributed by atoms with E-state index in [0.29, 0.717) is 14.7 Å². The maximum atomic E-state index is 8.75. The summed E-state index contributed by atoms with van der Waals surface area (Å²) in [5.74, 6) is 0. The van der Waals surface area contributed by atoms with Gasteiger partial charge in [0.2, 0.25) is 0 Å². The first-order valence-electron chi connectivity index (χ1n) is 6.06. The maximum Gasteiger partial charge on any atom is 0.0991 e. The molecular weight excluding hydrogens is 248 g/mol. The van der Waals surface area contributed by atoms with Crippen molar-refractivity contribution in [2.45, 2.75) is 0 Å². The molecule has 0 atom stereocenters. The lowest BCUT2D eigenvalue weighted by Gasteiger charge is -2.11. The molecule has 19 heavy (non-hydrogen) atoms. The second-order valence-corrected chi connectivity index (χ2v) is 5.62. The van der Waals surface area contributed by atoms with Gasteiger partial charge < -0.3 is 4.90 Å². The molecule has 0 saturated carbocycles. The first-order valence-corrected chi connectivity index (χ1v) is 7.14. The van der Waals surface area contributed by atoms with Gasteiger partial charge in [-0.1, -0.05) is 29.9 Å². The van der Waals surface area contributed by atoms with Crippen LogP contribution >= 0.6 is 0 Å². The molecule has 2 nitrogen and oxygen atoms in total. The van der Waals surface area contributed by atoms with Gasteiger partial charge in [-0.05, 0) is 35.0 Å². The second-order valence-electron chi connectivity index (χ2n) is 4.46. The van der Waals surface area contributed by atoms with E-state index in [1.165, 1.54) is 16.4 Å². The maximum absolute atomic E-state index is 8.75. The highest BCUT2D eigenvalue weighted by Gasteiger charge is 1.94. The smallest absolute Gasteiger partial charge is 0.0991 e. The largest absolute Gasteiger partial charge is 0.378 e. The zero-order valence-corrected chi connectivity index (χ0v) is 12.1. The van der Waals surface area contributed by atoms with Crippen LogP contribution in [0.4, 0.5) is 5.69 Å². The average Bonchev–Trinajstić information content (AvgIpc) is 2.46. The third kappa shape index (κ3) is 3.64. The summed E-state index contributed by atoms with van der Waals surface area (Å²) in [5.41, 5.74) is 5.37. The Morgan fingerprint density at radius 3 is 2.16 bits per heavy atom. The van der Waals surface area contributed by atoms with E-state index in [1.807, 2.05) is 38.4 Å². The average molecular weight is 263 g/mol. The number of rotatable bonds is 3. The van der Waals surface area contributed by atoms with Crippen molar-refractivity contribution in [2.24, 2.45) is 0 Å². The molecular formula is C16H15N2Si. The highest BCUT2D eigenvalue weighted by Crippen LogP contribution is 2.10. The normalized spacial score (nSPS) is 10.4. The predicted octanol–water partition coefficient (Wildman–Crippen LogP) is 1.80. The van der Waals surface area contributed by atoms with Crippen molar-refractivity contribution in [3.63, 3.8) is 0 Å². The number of nitrogens with zero attached hydrogens (tertiary/aromatic N) is 2. The third-order valence-corrected chi connectivity index (χ3v) is 3.97. The Bertz CT molecular complexity index is 605. The minimum absolute atomic E-state index is 0.623. The molecule has 2 aromatic rings. The molecule has 0 aliphatic heterocycles. The van der Waals surface area contributed by atoms with Crippen LogP contribution in [0.3, 0.4) is 0 Å². The molecule has 0 amide bonds. The molecule has 3 heteroatoms. The number of benzene rings is 2. The Balaban J connectivity index is 2.11. The third-order valence-electron chi connectivity index (χ3n) is 2.83. The molecule has 0 unspecified atom stereocenters. The summed E-state index contributed by atoms with van der Waals surface area (Å²) >= 11 is 0. The molecule has 93 valence electrons. The van der Waals surface area contributed by atoms with Crippen LogP contribution in [-0.4, -0.2) is 28.9 Å². The molecule has 0 aliphatic rings. The minimum Gasteiger partial charge on any atom is -0.378 e. The molecule has 0 bridgehead atoms. The van der Waals surface area contributed by atoms with Crippen molar-refractivity contribution in [3.05, 3.63) is 59.7 Å². The van der Waals surface area contributed by atoms with E-state index in [-0.39, 0.29) is 0 Å². The lowest BCUT2D eigenvalue weighted by Crippen LogP contribution is -2.10. The van der Waals surface area contributed by atoms with Crippen LogP contribution in [0.5, 0.6) is 0 Å². The lowest BCUT2D eigenvalue weighted by atomic mass is 10.2. The second kappa shape index (κ2) is 6.12. The number of hydrogen-bond donors (Lipinski definition) is 0. The van der Waals surface area contributed by atoms with Gasteiger partial charge in [0.25, 0.3) is 0 Å².